The van der Waals surface area contributed by atoms with Crippen LogP contribution in [0.5, 0.6) is 0 Å². The van der Waals surface area contributed by atoms with E-state index in [-0.39, 0.29) is 0 Å². The number of thioether (sulfide) groups is 1. The summed E-state index contributed by atoms with van der Waals surface area (Å²) in [5.74, 6) is -1.78. The molecule has 0 bridgehead atoms. The number of rotatable bonds is 7. The molecule has 3 rings (SSSR count). The first-order valence-electron chi connectivity index (χ1n) is 9.56. The van der Waals surface area contributed by atoms with Gasteiger partial charge in [-0.1, -0.05) is 35.0 Å². The maximum atomic E-state index is 9.10. The first kappa shape index (κ1) is 25.4. The summed E-state index contributed by atoms with van der Waals surface area (Å²) in [6.45, 7) is 6.93. The lowest BCUT2D eigenvalue weighted by molar-refractivity contribution is -0.159. The number of carbonyl (C=O) groups is 2. The van der Waals surface area contributed by atoms with Gasteiger partial charge in [-0.15, -0.1) is 5.10 Å². The Morgan fingerprint density at radius 2 is 1.81 bits per heavy atom. The molecule has 0 radical (unpaired) electrons. The lowest BCUT2D eigenvalue weighted by Crippen LogP contribution is -2.36. The minimum atomic E-state index is -1.82. The van der Waals surface area contributed by atoms with Crippen molar-refractivity contribution in [2.45, 2.75) is 24.9 Å². The van der Waals surface area contributed by atoms with Gasteiger partial charge in [-0.2, -0.15) is 0 Å². The maximum absolute atomic E-state index is 9.10. The highest BCUT2D eigenvalue weighted by Crippen LogP contribution is 2.25. The van der Waals surface area contributed by atoms with Crippen molar-refractivity contribution in [2.24, 2.45) is 0 Å². The number of ether oxygens (including phenoxy) is 1. The number of unbranched alkanes of at least 4 members (excludes halogenated alkanes) is 1. The molecule has 0 saturated carbocycles. The summed E-state index contributed by atoms with van der Waals surface area (Å²) in [5, 5.41) is 21.2. The van der Waals surface area contributed by atoms with Gasteiger partial charge in [0, 0.05) is 18.8 Å². The Balaban J connectivity index is 0.000000501. The molecule has 2 heterocycles. The van der Waals surface area contributed by atoms with Gasteiger partial charge in [0.1, 0.15) is 5.82 Å². The molecule has 1 aromatic heterocycles. The molecule has 1 aromatic carbocycles. The van der Waals surface area contributed by atoms with E-state index >= 15 is 0 Å². The largest absolute Gasteiger partial charge is 0.473 e. The molecule has 2 aromatic rings. The molecule has 2 N–H and O–H groups in total. The zero-order valence-electron chi connectivity index (χ0n) is 17.0. The molecular weight excluding hydrogens is 467 g/mol. The fraction of sp³-hybridized carbons (Fsp3) is 0.474. The Morgan fingerprint density at radius 3 is 2.42 bits per heavy atom. The van der Waals surface area contributed by atoms with Gasteiger partial charge in [0.25, 0.3) is 0 Å². The number of aryl methyl sites for hydroxylation is 1. The average molecular weight is 491 g/mol. The Labute approximate surface area is 194 Å². The summed E-state index contributed by atoms with van der Waals surface area (Å²) >= 11 is 13.8. The molecule has 9 nitrogen and oxygen atoms in total. The predicted molar refractivity (Wildman–Crippen MR) is 119 cm³/mol. The summed E-state index contributed by atoms with van der Waals surface area (Å²) in [7, 11) is 0. The van der Waals surface area contributed by atoms with Crippen LogP contribution in [0.2, 0.25) is 10.0 Å². The van der Waals surface area contributed by atoms with Crippen LogP contribution in [0, 0.1) is 6.92 Å². The molecule has 12 heteroatoms. The minimum Gasteiger partial charge on any atom is -0.473 e. The summed E-state index contributed by atoms with van der Waals surface area (Å²) in [4.78, 5) is 25.2. The van der Waals surface area contributed by atoms with Crippen molar-refractivity contribution in [1.29, 1.82) is 0 Å². The summed E-state index contributed by atoms with van der Waals surface area (Å²) < 4.78 is 7.17. The van der Waals surface area contributed by atoms with Crippen LogP contribution in [0.4, 0.5) is 0 Å². The van der Waals surface area contributed by atoms with Gasteiger partial charge in [-0.25, -0.2) is 19.3 Å². The normalized spacial score (nSPS) is 14.0. The number of halogens is 2. The van der Waals surface area contributed by atoms with E-state index in [1.54, 1.807) is 22.5 Å². The number of benzene rings is 1. The minimum absolute atomic E-state index is 0.520. The number of nitrogens with zero attached hydrogens (tertiary/aromatic N) is 4. The molecule has 1 aliphatic rings. The third kappa shape index (κ3) is 8.66. The maximum Gasteiger partial charge on any atom is 0.414 e. The van der Waals surface area contributed by atoms with Gasteiger partial charge in [0.2, 0.25) is 5.16 Å². The lowest BCUT2D eigenvalue weighted by atomic mass is 10.3. The topological polar surface area (TPSA) is 118 Å². The van der Waals surface area contributed by atoms with Crippen molar-refractivity contribution in [3.05, 3.63) is 34.1 Å². The lowest BCUT2D eigenvalue weighted by Gasteiger charge is -2.26. The van der Waals surface area contributed by atoms with Crippen molar-refractivity contribution in [1.82, 2.24) is 19.7 Å². The highest BCUT2D eigenvalue weighted by molar-refractivity contribution is 7.99. The van der Waals surface area contributed by atoms with Crippen LogP contribution in [0.1, 0.15) is 18.7 Å². The average Bonchev–Trinajstić information content (AvgIpc) is 3.11. The monoisotopic (exact) mass is 490 g/mol. The summed E-state index contributed by atoms with van der Waals surface area (Å²) in [6.07, 6.45) is 2.35. The second-order valence-corrected chi connectivity index (χ2v) is 8.45. The van der Waals surface area contributed by atoms with Gasteiger partial charge in [-0.3, -0.25) is 4.90 Å². The van der Waals surface area contributed by atoms with Crippen LogP contribution in [0.3, 0.4) is 0 Å². The van der Waals surface area contributed by atoms with Gasteiger partial charge in [0.05, 0.1) is 28.9 Å². The molecule has 0 spiro atoms. The van der Waals surface area contributed by atoms with E-state index in [0.29, 0.717) is 10.0 Å². The number of hydrogen-bond donors (Lipinski definition) is 2. The first-order chi connectivity index (χ1) is 14.8. The SMILES string of the molecule is Cc1nc(SCCCCN2CCOCC2)nn1-c1ccc(Cl)c(Cl)c1.O=C(O)C(=O)O. The van der Waals surface area contributed by atoms with E-state index in [4.69, 9.17) is 47.7 Å². The number of hydrogen-bond acceptors (Lipinski definition) is 7. The first-order valence-corrected chi connectivity index (χ1v) is 11.3. The summed E-state index contributed by atoms with van der Waals surface area (Å²) in [5.41, 5.74) is 0.874. The van der Waals surface area contributed by atoms with Crippen molar-refractivity contribution < 1.29 is 24.5 Å². The van der Waals surface area contributed by atoms with Crippen LogP contribution in [-0.2, 0) is 14.3 Å². The molecule has 0 aliphatic carbocycles. The zero-order valence-corrected chi connectivity index (χ0v) is 19.3. The quantitative estimate of drug-likeness (QED) is 0.342. The summed E-state index contributed by atoms with van der Waals surface area (Å²) in [6, 6.07) is 5.48. The van der Waals surface area contributed by atoms with Crippen LogP contribution in [0.25, 0.3) is 5.69 Å². The molecule has 0 atom stereocenters. The Hall–Kier alpha value is -1.85. The Bertz CT molecular complexity index is 878. The second-order valence-electron chi connectivity index (χ2n) is 6.57. The van der Waals surface area contributed by atoms with Gasteiger partial charge in [0.15, 0.2) is 0 Å². The molecule has 0 unspecified atom stereocenters. The van der Waals surface area contributed by atoms with Crippen molar-refractivity contribution in [3.63, 3.8) is 0 Å². The third-order valence-electron chi connectivity index (χ3n) is 4.28. The molecule has 1 fully saturated rings. The fourth-order valence-corrected chi connectivity index (χ4v) is 3.87. The molecule has 1 saturated heterocycles. The van der Waals surface area contributed by atoms with Crippen molar-refractivity contribution in [3.8, 4) is 5.69 Å². The number of aromatic nitrogens is 3. The number of morpholine rings is 1. The van der Waals surface area contributed by atoms with E-state index in [2.05, 4.69) is 15.0 Å². The number of aliphatic carboxylic acids is 2. The number of carboxylic acids is 2. The van der Waals surface area contributed by atoms with Crippen LogP contribution in [0.15, 0.2) is 23.4 Å². The van der Waals surface area contributed by atoms with E-state index < -0.39 is 11.9 Å². The van der Waals surface area contributed by atoms with Gasteiger partial charge in [-0.05, 0) is 44.5 Å². The molecule has 1 aliphatic heterocycles. The van der Waals surface area contributed by atoms with E-state index in [1.807, 2.05) is 19.1 Å². The number of carboxylic acid groups (broad SMARTS) is 2. The van der Waals surface area contributed by atoms with Crippen LogP contribution < -0.4 is 0 Å². The van der Waals surface area contributed by atoms with Crippen molar-refractivity contribution >= 4 is 46.9 Å². The molecule has 0 amide bonds. The van der Waals surface area contributed by atoms with E-state index in [1.165, 1.54) is 6.42 Å². The highest BCUT2D eigenvalue weighted by Gasteiger charge is 2.11. The van der Waals surface area contributed by atoms with Crippen LogP contribution >= 0.6 is 35.0 Å². The third-order valence-corrected chi connectivity index (χ3v) is 5.95. The highest BCUT2D eigenvalue weighted by atomic mass is 35.5. The molecule has 170 valence electrons. The smallest absolute Gasteiger partial charge is 0.414 e. The fourth-order valence-electron chi connectivity index (χ4n) is 2.71. The Morgan fingerprint density at radius 1 is 1.13 bits per heavy atom. The molecule has 31 heavy (non-hydrogen) atoms. The standard InChI is InChI=1S/C17H22Cl2N4OS.C2H2O4/c1-13-20-17(21-23(13)14-4-5-15(18)16(19)12-14)25-11-3-2-6-22-7-9-24-10-8-22;3-1(4)2(5)6/h4-5,12H,2-3,6-11H2,1H3;(H,3,4)(H,5,6). The molecular formula is C19H24Cl2N4O5S. The second kappa shape index (κ2) is 12.9. The van der Waals surface area contributed by atoms with E-state index in [0.717, 1.165) is 61.7 Å². The van der Waals surface area contributed by atoms with Crippen LogP contribution in [-0.4, -0.2) is 80.4 Å². The van der Waals surface area contributed by atoms with Crippen molar-refractivity contribution in [2.75, 3.05) is 38.6 Å². The van der Waals surface area contributed by atoms with E-state index in [9.17, 15) is 0 Å². The van der Waals surface area contributed by atoms with Gasteiger partial charge < -0.3 is 14.9 Å². The Kier molecular flexibility index (Phi) is 10.6. The zero-order chi connectivity index (χ0) is 22.8. The van der Waals surface area contributed by atoms with Gasteiger partial charge >= 0.3 is 11.9 Å². The predicted octanol–water partition coefficient (Wildman–Crippen LogP) is 3.24.